The van der Waals surface area contributed by atoms with Crippen LogP contribution in [0.3, 0.4) is 0 Å². The zero-order valence-electron chi connectivity index (χ0n) is 25.8. The fourth-order valence-corrected chi connectivity index (χ4v) is 4.19. The molecule has 3 amide bonds. The van der Waals surface area contributed by atoms with E-state index in [1.54, 1.807) is 51.4 Å². The summed E-state index contributed by atoms with van der Waals surface area (Å²) in [6.07, 6.45) is 2.48. The number of rotatable bonds is 11. The van der Waals surface area contributed by atoms with Crippen LogP contribution in [0.5, 0.6) is 5.75 Å². The molecular formula is C32H38N4O8. The van der Waals surface area contributed by atoms with Gasteiger partial charge in [-0.05, 0) is 84.4 Å². The molecule has 12 nitrogen and oxygen atoms in total. The van der Waals surface area contributed by atoms with Gasteiger partial charge in [0.25, 0.3) is 11.8 Å². The number of aromatic nitrogens is 2. The highest BCUT2D eigenvalue weighted by Crippen LogP contribution is 2.25. The van der Waals surface area contributed by atoms with Gasteiger partial charge in [0.05, 0.1) is 23.1 Å². The minimum atomic E-state index is -1.39. The summed E-state index contributed by atoms with van der Waals surface area (Å²) in [5.74, 6) is -1.68. The minimum Gasteiger partial charge on any atom is -0.490 e. The lowest BCUT2D eigenvalue weighted by molar-refractivity contribution is -0.193. The van der Waals surface area contributed by atoms with Gasteiger partial charge in [0.1, 0.15) is 23.6 Å². The highest BCUT2D eigenvalue weighted by atomic mass is 16.7. The third-order valence-electron chi connectivity index (χ3n) is 6.11. The molecule has 1 N–H and O–H groups in total. The molecule has 0 bridgehead atoms. The van der Waals surface area contributed by atoms with E-state index >= 15 is 0 Å². The third-order valence-corrected chi connectivity index (χ3v) is 6.11. The Bertz CT molecular complexity index is 1470. The predicted molar refractivity (Wildman–Crippen MR) is 160 cm³/mol. The van der Waals surface area contributed by atoms with Crippen molar-refractivity contribution in [2.75, 3.05) is 13.2 Å². The van der Waals surface area contributed by atoms with Crippen molar-refractivity contribution in [1.82, 2.24) is 19.9 Å². The standard InChI is InChI=1S/C32H38N4O8/c1-31(2,3)42-29(39)26(44-36-27(37)23-10-7-8-11-24(23)28(36)38)19-41-22-14-12-21(13-15-22)25-18-35(20-34-25)17-9-16-33-30(40)43-32(4,5)6/h7-8,10-15,18,20,26H,9,16-17,19H2,1-6H3,(H,33,40). The van der Waals surface area contributed by atoms with E-state index in [9.17, 15) is 19.2 Å². The highest BCUT2D eigenvalue weighted by molar-refractivity contribution is 6.20. The van der Waals surface area contributed by atoms with E-state index in [4.69, 9.17) is 19.0 Å². The number of alkyl carbamates (subject to hydrolysis) is 1. The second-order valence-electron chi connectivity index (χ2n) is 12.2. The number of ether oxygens (including phenoxy) is 3. The van der Waals surface area contributed by atoms with Gasteiger partial charge in [-0.15, -0.1) is 5.06 Å². The molecule has 4 rings (SSSR count). The van der Waals surface area contributed by atoms with Crippen molar-refractivity contribution in [2.45, 2.75) is 71.8 Å². The summed E-state index contributed by atoms with van der Waals surface area (Å²) < 4.78 is 18.5. The number of hydroxylamine groups is 2. The van der Waals surface area contributed by atoms with Crippen LogP contribution in [0.15, 0.2) is 61.1 Å². The summed E-state index contributed by atoms with van der Waals surface area (Å²) in [5.41, 5.74) is 0.597. The second-order valence-corrected chi connectivity index (χ2v) is 12.2. The summed E-state index contributed by atoms with van der Waals surface area (Å²) in [6, 6.07) is 13.4. The molecule has 1 aromatic heterocycles. The maximum atomic E-state index is 13.0. The molecule has 2 aromatic carbocycles. The molecule has 1 aliphatic rings. The van der Waals surface area contributed by atoms with Gasteiger partial charge >= 0.3 is 12.1 Å². The maximum absolute atomic E-state index is 13.0. The van der Waals surface area contributed by atoms with Crippen LogP contribution >= 0.6 is 0 Å². The molecule has 0 saturated carbocycles. The molecule has 1 aliphatic heterocycles. The van der Waals surface area contributed by atoms with Crippen molar-refractivity contribution in [2.24, 2.45) is 0 Å². The number of carbonyl (C=O) groups is 4. The number of amides is 3. The Morgan fingerprint density at radius 3 is 2.09 bits per heavy atom. The smallest absolute Gasteiger partial charge is 0.407 e. The van der Waals surface area contributed by atoms with Crippen molar-refractivity contribution in [3.63, 3.8) is 0 Å². The van der Waals surface area contributed by atoms with Crippen molar-refractivity contribution in [3.05, 3.63) is 72.2 Å². The Morgan fingerprint density at radius 1 is 0.886 bits per heavy atom. The van der Waals surface area contributed by atoms with Crippen molar-refractivity contribution < 1.29 is 38.2 Å². The average molecular weight is 607 g/mol. The molecule has 2 heterocycles. The topological polar surface area (TPSA) is 138 Å². The molecule has 0 saturated heterocycles. The number of nitrogens with zero attached hydrogens (tertiary/aromatic N) is 3. The summed E-state index contributed by atoms with van der Waals surface area (Å²) in [6.45, 7) is 11.4. The number of nitrogens with one attached hydrogen (secondary N) is 1. The first-order valence-electron chi connectivity index (χ1n) is 14.3. The largest absolute Gasteiger partial charge is 0.490 e. The zero-order valence-corrected chi connectivity index (χ0v) is 25.8. The molecule has 0 aliphatic carbocycles. The summed E-state index contributed by atoms with van der Waals surface area (Å²) in [5, 5.41) is 3.32. The number of benzene rings is 2. The number of hydrogen-bond acceptors (Lipinski definition) is 9. The van der Waals surface area contributed by atoms with Crippen LogP contribution in [0.1, 0.15) is 68.7 Å². The van der Waals surface area contributed by atoms with Crippen molar-refractivity contribution in [1.29, 1.82) is 0 Å². The molecular weight excluding hydrogens is 568 g/mol. The van der Waals surface area contributed by atoms with E-state index in [0.717, 1.165) is 11.3 Å². The summed E-state index contributed by atoms with van der Waals surface area (Å²) in [7, 11) is 0. The van der Waals surface area contributed by atoms with Gasteiger partial charge in [-0.2, -0.15) is 0 Å². The number of imide groups is 1. The molecule has 0 radical (unpaired) electrons. The molecule has 12 heteroatoms. The zero-order chi connectivity index (χ0) is 32.1. The predicted octanol–water partition coefficient (Wildman–Crippen LogP) is 4.78. The fourth-order valence-electron chi connectivity index (χ4n) is 4.19. The van der Waals surface area contributed by atoms with Crippen LogP contribution in [-0.2, 0) is 25.7 Å². The minimum absolute atomic E-state index is 0.192. The van der Waals surface area contributed by atoms with E-state index in [-0.39, 0.29) is 17.7 Å². The SMILES string of the molecule is CC(C)(C)OC(=O)NCCCn1cnc(-c2ccc(OCC(ON3C(=O)c4ccccc4C3=O)C(=O)OC(C)(C)C)cc2)c1. The van der Waals surface area contributed by atoms with Crippen LogP contribution in [-0.4, -0.2) is 68.9 Å². The van der Waals surface area contributed by atoms with E-state index in [2.05, 4.69) is 10.3 Å². The van der Waals surface area contributed by atoms with Crippen LogP contribution in [0.25, 0.3) is 11.3 Å². The summed E-state index contributed by atoms with van der Waals surface area (Å²) in [4.78, 5) is 60.4. The number of fused-ring (bicyclic) bond motifs is 1. The molecule has 0 fully saturated rings. The summed E-state index contributed by atoms with van der Waals surface area (Å²) >= 11 is 0. The number of esters is 1. The van der Waals surface area contributed by atoms with Gasteiger partial charge in [0.15, 0.2) is 0 Å². The number of hydrogen-bond donors (Lipinski definition) is 1. The molecule has 3 aromatic rings. The maximum Gasteiger partial charge on any atom is 0.407 e. The van der Waals surface area contributed by atoms with Gasteiger partial charge in [0.2, 0.25) is 6.10 Å². The Hall–Kier alpha value is -4.71. The van der Waals surface area contributed by atoms with Crippen LogP contribution < -0.4 is 10.1 Å². The van der Waals surface area contributed by atoms with E-state index in [1.165, 1.54) is 12.1 Å². The Labute approximate surface area is 256 Å². The Kier molecular flexibility index (Phi) is 9.73. The van der Waals surface area contributed by atoms with Crippen LogP contribution in [0.4, 0.5) is 4.79 Å². The van der Waals surface area contributed by atoms with Gasteiger partial charge < -0.3 is 24.1 Å². The van der Waals surface area contributed by atoms with Crippen LogP contribution in [0, 0.1) is 0 Å². The lowest BCUT2D eigenvalue weighted by atomic mass is 10.1. The quantitative estimate of drug-likeness (QED) is 0.186. The normalized spacial score (nSPS) is 13.8. The fraction of sp³-hybridized carbons (Fsp3) is 0.406. The highest BCUT2D eigenvalue weighted by Gasteiger charge is 2.40. The van der Waals surface area contributed by atoms with E-state index in [0.29, 0.717) is 30.3 Å². The Balaban J connectivity index is 1.34. The number of aryl methyl sites for hydroxylation is 1. The third kappa shape index (κ3) is 8.66. The molecule has 234 valence electrons. The monoisotopic (exact) mass is 606 g/mol. The molecule has 0 spiro atoms. The first-order chi connectivity index (χ1) is 20.7. The van der Waals surface area contributed by atoms with Gasteiger partial charge in [0, 0.05) is 24.8 Å². The first kappa shape index (κ1) is 32.2. The van der Waals surface area contributed by atoms with Crippen LogP contribution in [0.2, 0.25) is 0 Å². The van der Waals surface area contributed by atoms with Gasteiger partial charge in [-0.3, -0.25) is 9.59 Å². The van der Waals surface area contributed by atoms with Crippen molar-refractivity contribution in [3.8, 4) is 17.0 Å². The Morgan fingerprint density at radius 2 is 1.50 bits per heavy atom. The molecule has 1 unspecified atom stereocenters. The first-order valence-corrected chi connectivity index (χ1v) is 14.3. The number of carbonyl (C=O) groups excluding carboxylic acids is 4. The second kappa shape index (κ2) is 13.3. The van der Waals surface area contributed by atoms with E-state index in [1.807, 2.05) is 43.7 Å². The number of imidazole rings is 1. The van der Waals surface area contributed by atoms with E-state index < -0.39 is 41.2 Å². The molecule has 1 atom stereocenters. The molecule has 44 heavy (non-hydrogen) atoms. The lowest BCUT2D eigenvalue weighted by Crippen LogP contribution is -2.43. The van der Waals surface area contributed by atoms with Gasteiger partial charge in [-0.1, -0.05) is 12.1 Å². The average Bonchev–Trinajstić information content (AvgIpc) is 3.50. The van der Waals surface area contributed by atoms with Crippen molar-refractivity contribution >= 4 is 23.9 Å². The van der Waals surface area contributed by atoms with Gasteiger partial charge in [-0.25, -0.2) is 19.4 Å². The lowest BCUT2D eigenvalue weighted by Gasteiger charge is -2.26.